The molecule has 0 aromatic rings. The largest absolute Gasteiger partial charge is 0.462 e. The fourth-order valence-electron chi connectivity index (χ4n) is 6.90. The molecule has 0 bridgehead atoms. The van der Waals surface area contributed by atoms with Crippen molar-refractivity contribution >= 4 is 17.9 Å². The first kappa shape index (κ1) is 55.4. The summed E-state index contributed by atoms with van der Waals surface area (Å²) in [6.45, 7) is 6.42. The number of hydrogen-bond acceptors (Lipinski definition) is 6. The van der Waals surface area contributed by atoms with Gasteiger partial charge in [0.25, 0.3) is 0 Å². The van der Waals surface area contributed by atoms with Crippen molar-refractivity contribution in [3.8, 4) is 0 Å². The highest BCUT2D eigenvalue weighted by molar-refractivity contribution is 5.71. The third kappa shape index (κ3) is 44.5. The molecular weight excluding hydrogens is 721 g/mol. The summed E-state index contributed by atoms with van der Waals surface area (Å²) < 4.78 is 16.6. The summed E-state index contributed by atoms with van der Waals surface area (Å²) in [6.07, 6.45) is 55.7. The van der Waals surface area contributed by atoms with Crippen LogP contribution in [0.2, 0.25) is 0 Å². The van der Waals surface area contributed by atoms with Crippen LogP contribution in [0, 0.1) is 0 Å². The second-order valence-corrected chi connectivity index (χ2v) is 16.4. The van der Waals surface area contributed by atoms with Crippen LogP contribution < -0.4 is 0 Å². The Kier molecular flexibility index (Phi) is 44.9. The number of rotatable bonds is 44. The average molecular weight is 813 g/mol. The van der Waals surface area contributed by atoms with Gasteiger partial charge in [-0.1, -0.05) is 217 Å². The minimum atomic E-state index is -0.787. The molecule has 1 atom stereocenters. The molecule has 58 heavy (non-hydrogen) atoms. The maximum absolute atomic E-state index is 12.7. The van der Waals surface area contributed by atoms with Crippen LogP contribution in [-0.4, -0.2) is 37.2 Å². The molecule has 0 heterocycles. The van der Waals surface area contributed by atoms with Crippen molar-refractivity contribution < 1.29 is 28.6 Å². The number of ether oxygens (including phenoxy) is 3. The highest BCUT2D eigenvalue weighted by atomic mass is 16.6. The van der Waals surface area contributed by atoms with Gasteiger partial charge < -0.3 is 14.2 Å². The quantitative estimate of drug-likeness (QED) is 0.0264. The Morgan fingerprint density at radius 3 is 1.05 bits per heavy atom. The van der Waals surface area contributed by atoms with Crippen LogP contribution in [-0.2, 0) is 28.6 Å². The van der Waals surface area contributed by atoms with Gasteiger partial charge in [0.15, 0.2) is 6.10 Å². The van der Waals surface area contributed by atoms with E-state index in [2.05, 4.69) is 69.4 Å². The Morgan fingerprint density at radius 1 is 0.362 bits per heavy atom. The van der Waals surface area contributed by atoms with E-state index in [1.165, 1.54) is 116 Å². The lowest BCUT2D eigenvalue weighted by atomic mass is 10.0. The molecule has 0 aliphatic rings. The molecular formula is C52H92O6. The van der Waals surface area contributed by atoms with Crippen molar-refractivity contribution in [1.82, 2.24) is 0 Å². The van der Waals surface area contributed by atoms with Crippen molar-refractivity contribution in [3.63, 3.8) is 0 Å². The number of esters is 3. The topological polar surface area (TPSA) is 78.9 Å². The van der Waals surface area contributed by atoms with Gasteiger partial charge in [0.2, 0.25) is 0 Å². The summed E-state index contributed by atoms with van der Waals surface area (Å²) >= 11 is 0. The van der Waals surface area contributed by atoms with Gasteiger partial charge in [0.1, 0.15) is 13.2 Å². The fraction of sp³-hybridized carbons (Fsp3) is 0.788. The predicted octanol–water partition coefficient (Wildman–Crippen LogP) is 15.9. The molecule has 336 valence electrons. The van der Waals surface area contributed by atoms with Gasteiger partial charge in [-0.3, -0.25) is 14.4 Å². The first-order valence-electron chi connectivity index (χ1n) is 24.6. The van der Waals surface area contributed by atoms with Crippen LogP contribution in [0.1, 0.15) is 245 Å². The molecule has 0 rings (SSSR count). The van der Waals surface area contributed by atoms with Crippen molar-refractivity contribution in [2.45, 2.75) is 252 Å². The molecule has 0 saturated heterocycles. The molecule has 0 radical (unpaired) electrons. The van der Waals surface area contributed by atoms with Gasteiger partial charge in [0.05, 0.1) is 0 Å². The molecule has 0 amide bonds. The van der Waals surface area contributed by atoms with E-state index < -0.39 is 6.10 Å². The van der Waals surface area contributed by atoms with Crippen LogP contribution >= 0.6 is 0 Å². The minimum Gasteiger partial charge on any atom is -0.462 e. The Morgan fingerprint density at radius 2 is 0.672 bits per heavy atom. The van der Waals surface area contributed by atoms with Crippen molar-refractivity contribution in [1.29, 1.82) is 0 Å². The third-order valence-corrected chi connectivity index (χ3v) is 10.6. The normalized spacial score (nSPS) is 12.4. The molecule has 1 unspecified atom stereocenters. The number of carbonyl (C=O) groups excluding carboxylic acids is 3. The van der Waals surface area contributed by atoms with Crippen LogP contribution in [0.15, 0.2) is 48.6 Å². The average Bonchev–Trinajstić information content (AvgIpc) is 3.22. The van der Waals surface area contributed by atoms with Crippen LogP contribution in [0.25, 0.3) is 0 Å². The lowest BCUT2D eigenvalue weighted by Gasteiger charge is -2.18. The van der Waals surface area contributed by atoms with E-state index in [-0.39, 0.29) is 37.5 Å². The van der Waals surface area contributed by atoms with E-state index in [1.54, 1.807) is 0 Å². The van der Waals surface area contributed by atoms with Gasteiger partial charge in [-0.2, -0.15) is 0 Å². The van der Waals surface area contributed by atoms with Gasteiger partial charge in [-0.25, -0.2) is 0 Å². The summed E-state index contributed by atoms with van der Waals surface area (Å²) in [5, 5.41) is 0. The number of allylic oxidation sites excluding steroid dienone is 8. The van der Waals surface area contributed by atoms with E-state index in [1.807, 2.05) is 0 Å². The van der Waals surface area contributed by atoms with E-state index >= 15 is 0 Å². The Balaban J connectivity index is 4.18. The summed E-state index contributed by atoms with van der Waals surface area (Å²) in [5.74, 6) is -0.939. The number of hydrogen-bond donors (Lipinski definition) is 0. The summed E-state index contributed by atoms with van der Waals surface area (Å²) in [6, 6.07) is 0. The Hall–Kier alpha value is -2.63. The summed E-state index contributed by atoms with van der Waals surface area (Å²) in [4.78, 5) is 37.6. The zero-order chi connectivity index (χ0) is 42.3. The maximum atomic E-state index is 12.7. The maximum Gasteiger partial charge on any atom is 0.306 e. The Bertz CT molecular complexity index is 1030. The van der Waals surface area contributed by atoms with Crippen LogP contribution in [0.4, 0.5) is 0 Å². The standard InChI is InChI=1S/C52H92O6/c1-4-7-10-13-15-17-19-21-23-24-25-26-27-29-30-32-34-36-39-42-45-51(54)57-48-49(47-56-50(53)44-41-38-12-9-6-3)58-52(55)46-43-40-37-35-33-31-28-22-20-18-16-14-11-8-5-2/h8,11,16,18,22,28,33,35,49H,4-7,9-10,12-15,17,19-21,23-27,29-32,34,36-48H2,1-3H3/b11-8-,18-16-,28-22-,35-33-. The van der Waals surface area contributed by atoms with Crippen LogP contribution in [0.5, 0.6) is 0 Å². The summed E-state index contributed by atoms with van der Waals surface area (Å²) in [5.41, 5.74) is 0. The summed E-state index contributed by atoms with van der Waals surface area (Å²) in [7, 11) is 0. The second-order valence-electron chi connectivity index (χ2n) is 16.4. The number of unbranched alkanes of at least 4 members (excludes halogenated alkanes) is 25. The molecule has 6 nitrogen and oxygen atoms in total. The lowest BCUT2D eigenvalue weighted by molar-refractivity contribution is -0.167. The third-order valence-electron chi connectivity index (χ3n) is 10.6. The van der Waals surface area contributed by atoms with Crippen LogP contribution in [0.3, 0.4) is 0 Å². The molecule has 0 saturated carbocycles. The van der Waals surface area contributed by atoms with E-state index in [0.717, 1.165) is 83.5 Å². The molecule has 0 N–H and O–H groups in total. The highest BCUT2D eigenvalue weighted by Crippen LogP contribution is 2.16. The van der Waals surface area contributed by atoms with Crippen molar-refractivity contribution in [2.24, 2.45) is 0 Å². The molecule has 0 aromatic carbocycles. The zero-order valence-electron chi connectivity index (χ0n) is 38.3. The molecule has 0 aliphatic carbocycles. The fourth-order valence-corrected chi connectivity index (χ4v) is 6.90. The smallest absolute Gasteiger partial charge is 0.306 e. The molecule has 0 aromatic heterocycles. The Labute approximate surface area is 358 Å². The van der Waals surface area contributed by atoms with E-state index in [4.69, 9.17) is 14.2 Å². The van der Waals surface area contributed by atoms with Gasteiger partial charge in [0, 0.05) is 19.3 Å². The highest BCUT2D eigenvalue weighted by Gasteiger charge is 2.19. The van der Waals surface area contributed by atoms with E-state index in [9.17, 15) is 14.4 Å². The molecule has 0 fully saturated rings. The SMILES string of the molecule is CC/C=C\C/C=C\C/C=C\C/C=C\CCCCC(=O)OC(COC(=O)CCCCCCC)COC(=O)CCCCCCCCCCCCCCCCCCCCCC. The lowest BCUT2D eigenvalue weighted by Crippen LogP contribution is -2.30. The minimum absolute atomic E-state index is 0.0878. The zero-order valence-corrected chi connectivity index (χ0v) is 38.3. The molecule has 0 spiro atoms. The number of carbonyl (C=O) groups is 3. The van der Waals surface area contributed by atoms with Crippen molar-refractivity contribution in [3.05, 3.63) is 48.6 Å². The predicted molar refractivity (Wildman–Crippen MR) is 247 cm³/mol. The molecule has 0 aliphatic heterocycles. The first-order chi connectivity index (χ1) is 28.5. The first-order valence-corrected chi connectivity index (χ1v) is 24.6. The molecule has 6 heteroatoms. The second kappa shape index (κ2) is 47.1. The monoisotopic (exact) mass is 813 g/mol. The van der Waals surface area contributed by atoms with Gasteiger partial charge in [-0.05, 0) is 57.8 Å². The van der Waals surface area contributed by atoms with Gasteiger partial charge >= 0.3 is 17.9 Å². The van der Waals surface area contributed by atoms with E-state index in [0.29, 0.717) is 19.3 Å². The van der Waals surface area contributed by atoms with Gasteiger partial charge in [-0.15, -0.1) is 0 Å². The van der Waals surface area contributed by atoms with Crippen molar-refractivity contribution in [2.75, 3.05) is 13.2 Å².